The fraction of sp³-hybridized carbons (Fsp3) is 0.152. The summed E-state index contributed by atoms with van der Waals surface area (Å²) in [6.45, 7) is 0.0757. The molecule has 1 amide bonds. The van der Waals surface area contributed by atoms with Gasteiger partial charge in [0.15, 0.2) is 23.1 Å². The number of benzene rings is 3. The van der Waals surface area contributed by atoms with E-state index in [1.165, 1.54) is 6.20 Å². The van der Waals surface area contributed by atoms with Crippen molar-refractivity contribution in [2.24, 2.45) is 5.92 Å². The lowest BCUT2D eigenvalue weighted by Gasteiger charge is -2.38. The van der Waals surface area contributed by atoms with Crippen LogP contribution in [0.1, 0.15) is 43.4 Å². The van der Waals surface area contributed by atoms with Crippen molar-refractivity contribution in [1.82, 2.24) is 9.88 Å². The molecule has 8 rings (SSSR count). The van der Waals surface area contributed by atoms with Crippen molar-refractivity contribution in [1.29, 1.82) is 0 Å². The first-order valence-electron chi connectivity index (χ1n) is 13.4. The van der Waals surface area contributed by atoms with Crippen LogP contribution in [0.15, 0.2) is 97.5 Å². The Morgan fingerprint density at radius 3 is 2.61 bits per heavy atom. The monoisotopic (exact) mass is 541 g/mol. The number of nitrogens with one attached hydrogen (secondary N) is 1. The molecule has 8 nitrogen and oxygen atoms in total. The van der Waals surface area contributed by atoms with Gasteiger partial charge in [-0.25, -0.2) is 0 Å². The molecule has 4 aliphatic heterocycles. The molecule has 1 spiro atoms. The Morgan fingerprint density at radius 2 is 1.73 bits per heavy atom. The van der Waals surface area contributed by atoms with Gasteiger partial charge in [0.25, 0.3) is 0 Å². The molecule has 5 heterocycles. The summed E-state index contributed by atoms with van der Waals surface area (Å²) < 4.78 is 11.0. The smallest absolute Gasteiger partial charge is 0.238 e. The maximum absolute atomic E-state index is 14.7. The molecule has 200 valence electrons. The Morgan fingerprint density at radius 1 is 0.902 bits per heavy atom. The number of para-hydroxylation sites is 1. The summed E-state index contributed by atoms with van der Waals surface area (Å²) in [4.78, 5) is 49.9. The van der Waals surface area contributed by atoms with Crippen molar-refractivity contribution >= 4 is 29.2 Å². The highest BCUT2D eigenvalue weighted by Crippen LogP contribution is 2.62. The van der Waals surface area contributed by atoms with E-state index in [9.17, 15) is 14.4 Å². The minimum absolute atomic E-state index is 0.0757. The first-order valence-corrected chi connectivity index (χ1v) is 13.4. The van der Waals surface area contributed by atoms with Crippen molar-refractivity contribution in [3.63, 3.8) is 0 Å². The third kappa shape index (κ3) is 3.15. The van der Waals surface area contributed by atoms with Gasteiger partial charge >= 0.3 is 0 Å². The number of nitrogens with zero attached hydrogens (tertiary/aromatic N) is 2. The number of anilines is 1. The van der Waals surface area contributed by atoms with Gasteiger partial charge in [0.2, 0.25) is 12.7 Å². The van der Waals surface area contributed by atoms with Crippen molar-refractivity contribution in [3.05, 3.63) is 125 Å². The Hall–Kier alpha value is -5.24. The average molecular weight is 542 g/mol. The second-order valence-electron chi connectivity index (χ2n) is 10.6. The number of amides is 1. The average Bonchev–Trinajstić information content (AvgIpc) is 3.70. The first-order chi connectivity index (χ1) is 20.1. The topological polar surface area (TPSA) is 97.8 Å². The summed E-state index contributed by atoms with van der Waals surface area (Å²) in [5.41, 5.74) is 2.49. The molecular formula is C33H23N3O5. The Labute approximate surface area is 235 Å². The molecule has 4 aromatic rings. The van der Waals surface area contributed by atoms with Gasteiger partial charge in [-0.05, 0) is 59.2 Å². The second kappa shape index (κ2) is 8.63. The van der Waals surface area contributed by atoms with Gasteiger partial charge in [0.1, 0.15) is 11.5 Å². The molecule has 8 heteroatoms. The van der Waals surface area contributed by atoms with E-state index in [0.29, 0.717) is 33.9 Å². The number of aromatic nitrogens is 1. The standard InChI is InChI=1S/C33H23N3O5/c37-29(21-7-5-14-34-17-21)27-28(30(38)20-11-12-25-26(16-20)41-18-40-25)36-15-13-19-6-1-2-8-22(19)31(36)33(27)23-9-3-4-10-24(23)35-32(33)39/h1-17,27-28,31H,18H2,(H,35,39)/t27-,28-,31+,33+/m0/s1. The number of rotatable bonds is 4. The lowest BCUT2D eigenvalue weighted by Crippen LogP contribution is -2.49. The van der Waals surface area contributed by atoms with Crippen LogP contribution in [-0.4, -0.2) is 40.2 Å². The van der Waals surface area contributed by atoms with Crippen LogP contribution in [0, 0.1) is 5.92 Å². The molecular weight excluding hydrogens is 518 g/mol. The van der Waals surface area contributed by atoms with Crippen LogP contribution < -0.4 is 14.8 Å². The summed E-state index contributed by atoms with van der Waals surface area (Å²) in [7, 11) is 0. The van der Waals surface area contributed by atoms with Crippen LogP contribution in [0.5, 0.6) is 11.5 Å². The summed E-state index contributed by atoms with van der Waals surface area (Å²) in [5.74, 6) is -0.936. The summed E-state index contributed by atoms with van der Waals surface area (Å²) in [5, 5.41) is 3.06. The molecule has 0 unspecified atom stereocenters. The van der Waals surface area contributed by atoms with Crippen LogP contribution in [0.2, 0.25) is 0 Å². The molecule has 3 aromatic carbocycles. The molecule has 4 aliphatic rings. The summed E-state index contributed by atoms with van der Waals surface area (Å²) >= 11 is 0. The number of ketones is 2. The highest BCUT2D eigenvalue weighted by atomic mass is 16.7. The first kappa shape index (κ1) is 23.6. The van der Waals surface area contributed by atoms with Gasteiger partial charge in [-0.15, -0.1) is 0 Å². The van der Waals surface area contributed by atoms with Gasteiger partial charge in [0.05, 0.1) is 12.0 Å². The van der Waals surface area contributed by atoms with Gasteiger partial charge in [0, 0.05) is 35.4 Å². The van der Waals surface area contributed by atoms with E-state index in [1.54, 1.807) is 36.5 Å². The molecule has 1 saturated heterocycles. The van der Waals surface area contributed by atoms with Gasteiger partial charge in [-0.2, -0.15) is 0 Å². The summed E-state index contributed by atoms with van der Waals surface area (Å²) in [6.07, 6.45) is 6.89. The van der Waals surface area contributed by atoms with Crippen LogP contribution in [0.25, 0.3) is 6.08 Å². The highest BCUT2D eigenvalue weighted by molar-refractivity contribution is 6.16. The van der Waals surface area contributed by atoms with Crippen molar-refractivity contribution in [3.8, 4) is 11.5 Å². The zero-order valence-electron chi connectivity index (χ0n) is 21.7. The quantitative estimate of drug-likeness (QED) is 0.371. The largest absolute Gasteiger partial charge is 0.454 e. The van der Waals surface area contributed by atoms with E-state index >= 15 is 0 Å². The second-order valence-corrected chi connectivity index (χ2v) is 10.6. The van der Waals surface area contributed by atoms with Crippen molar-refractivity contribution in [2.75, 3.05) is 12.1 Å². The lowest BCUT2D eigenvalue weighted by atomic mass is 9.62. The molecule has 1 N–H and O–H groups in total. The van der Waals surface area contributed by atoms with Crippen LogP contribution in [0.4, 0.5) is 5.69 Å². The SMILES string of the molecule is O=C(c1ccc2c(c1)OCO2)[C@@H]1[C@@H](C(=O)c2cccnc2)[C@@]2(C(=O)Nc3ccccc32)[C@H]2c3ccccc3C=CN12. The number of ether oxygens (including phenoxy) is 2. The normalized spacial score (nSPS) is 24.5. The third-order valence-electron chi connectivity index (χ3n) is 8.72. The van der Waals surface area contributed by atoms with Gasteiger partial charge in [-0.1, -0.05) is 42.5 Å². The molecule has 1 fully saturated rings. The van der Waals surface area contributed by atoms with Crippen LogP contribution in [-0.2, 0) is 10.2 Å². The van der Waals surface area contributed by atoms with Crippen molar-refractivity contribution in [2.45, 2.75) is 17.5 Å². The minimum Gasteiger partial charge on any atom is -0.454 e. The molecule has 1 aromatic heterocycles. The highest BCUT2D eigenvalue weighted by Gasteiger charge is 2.70. The van der Waals surface area contributed by atoms with Crippen molar-refractivity contribution < 1.29 is 23.9 Å². The van der Waals surface area contributed by atoms with Gasteiger partial charge in [-0.3, -0.25) is 19.4 Å². The minimum atomic E-state index is -1.39. The fourth-order valence-electron chi connectivity index (χ4n) is 7.08. The van der Waals surface area contributed by atoms with Crippen LogP contribution in [0.3, 0.4) is 0 Å². The predicted octanol–water partition coefficient (Wildman–Crippen LogP) is 4.79. The number of carbonyl (C=O) groups excluding carboxylic acids is 3. The van der Waals surface area contributed by atoms with E-state index in [0.717, 1.165) is 11.1 Å². The molecule has 0 saturated carbocycles. The zero-order valence-corrected chi connectivity index (χ0v) is 21.7. The summed E-state index contributed by atoms with van der Waals surface area (Å²) in [6, 6.07) is 22.1. The molecule has 0 radical (unpaired) electrons. The Balaban J connectivity index is 1.41. The van der Waals surface area contributed by atoms with Crippen LogP contribution >= 0.6 is 0 Å². The van der Waals surface area contributed by atoms with E-state index in [1.807, 2.05) is 65.7 Å². The van der Waals surface area contributed by atoms with E-state index in [4.69, 9.17) is 9.47 Å². The zero-order chi connectivity index (χ0) is 27.7. The number of fused-ring (bicyclic) bond motifs is 7. The number of pyridine rings is 1. The molecule has 4 atom stereocenters. The Bertz CT molecular complexity index is 1800. The van der Waals surface area contributed by atoms with E-state index in [2.05, 4.69) is 10.3 Å². The Kier molecular flexibility index (Phi) is 4.97. The van der Waals surface area contributed by atoms with E-state index < -0.39 is 23.4 Å². The fourth-order valence-corrected chi connectivity index (χ4v) is 7.08. The molecule has 0 aliphatic carbocycles. The van der Waals surface area contributed by atoms with Gasteiger partial charge < -0.3 is 19.7 Å². The lowest BCUT2D eigenvalue weighted by molar-refractivity contribution is -0.122. The number of hydrogen-bond donors (Lipinski definition) is 1. The number of carbonyl (C=O) groups is 3. The maximum Gasteiger partial charge on any atom is 0.238 e. The predicted molar refractivity (Wildman–Crippen MR) is 150 cm³/mol. The van der Waals surface area contributed by atoms with E-state index in [-0.39, 0.29) is 24.3 Å². The maximum atomic E-state index is 14.7. The third-order valence-corrected chi connectivity index (χ3v) is 8.72. The number of Topliss-reactive ketones (excluding diaryl/α,β-unsaturated/α-hetero) is 2. The number of hydrogen-bond acceptors (Lipinski definition) is 7. The molecule has 41 heavy (non-hydrogen) atoms. The molecule has 0 bridgehead atoms.